The highest BCUT2D eigenvalue weighted by Crippen LogP contribution is 2.19. The van der Waals surface area contributed by atoms with Gasteiger partial charge in [0, 0.05) is 5.41 Å². The van der Waals surface area contributed by atoms with Crippen molar-refractivity contribution in [1.29, 1.82) is 0 Å². The molecule has 0 N–H and O–H groups in total. The molecule has 74 valence electrons. The highest BCUT2D eigenvalue weighted by molar-refractivity contribution is 5.13. The van der Waals surface area contributed by atoms with E-state index in [1.165, 1.54) is 0 Å². The highest BCUT2D eigenvalue weighted by Gasteiger charge is 2.15. The monoisotopic (exact) mass is 190 g/mol. The van der Waals surface area contributed by atoms with E-state index in [0.29, 0.717) is 5.88 Å². The number of aromatic nitrogens is 2. The van der Waals surface area contributed by atoms with E-state index in [0.717, 1.165) is 5.69 Å². The first-order valence-corrected chi connectivity index (χ1v) is 4.43. The standard InChI is InChI=1S/C11H14N2O/c1-5-6-14-10-8-12-9(7-13-10)11(2,3)4/h1,7-8H,6H2,2-4H3. The van der Waals surface area contributed by atoms with Gasteiger partial charge in [-0.2, -0.15) is 0 Å². The van der Waals surface area contributed by atoms with Crippen molar-refractivity contribution in [3.8, 4) is 18.2 Å². The molecule has 1 heterocycles. The van der Waals surface area contributed by atoms with Crippen molar-refractivity contribution in [1.82, 2.24) is 9.97 Å². The zero-order chi connectivity index (χ0) is 10.6. The fourth-order valence-electron chi connectivity index (χ4n) is 0.894. The van der Waals surface area contributed by atoms with E-state index in [1.54, 1.807) is 12.4 Å². The third-order valence-electron chi connectivity index (χ3n) is 1.70. The molecule has 0 aromatic carbocycles. The molecule has 3 heteroatoms. The van der Waals surface area contributed by atoms with Crippen molar-refractivity contribution < 1.29 is 4.74 Å². The zero-order valence-corrected chi connectivity index (χ0v) is 8.74. The maximum absolute atomic E-state index is 5.11. The van der Waals surface area contributed by atoms with E-state index < -0.39 is 0 Å². The molecule has 1 aromatic rings. The smallest absolute Gasteiger partial charge is 0.233 e. The predicted octanol–water partition coefficient (Wildman–Crippen LogP) is 1.79. The maximum atomic E-state index is 5.11. The molecule has 0 amide bonds. The van der Waals surface area contributed by atoms with Crippen LogP contribution in [-0.2, 0) is 5.41 Å². The summed E-state index contributed by atoms with van der Waals surface area (Å²) in [5.41, 5.74) is 0.947. The second-order valence-electron chi connectivity index (χ2n) is 3.98. The molecule has 0 saturated heterocycles. The van der Waals surface area contributed by atoms with Gasteiger partial charge in [0.15, 0.2) is 6.61 Å². The molecule has 1 rings (SSSR count). The van der Waals surface area contributed by atoms with Gasteiger partial charge in [-0.1, -0.05) is 26.7 Å². The third-order valence-corrected chi connectivity index (χ3v) is 1.70. The molecule has 0 bridgehead atoms. The summed E-state index contributed by atoms with van der Waals surface area (Å²) < 4.78 is 5.11. The molecule has 0 spiro atoms. The summed E-state index contributed by atoms with van der Waals surface area (Å²) in [6.45, 7) is 6.47. The van der Waals surface area contributed by atoms with Crippen molar-refractivity contribution in [2.75, 3.05) is 6.61 Å². The minimum absolute atomic E-state index is 0.0116. The van der Waals surface area contributed by atoms with E-state index in [4.69, 9.17) is 11.2 Å². The van der Waals surface area contributed by atoms with Crippen LogP contribution >= 0.6 is 0 Å². The Morgan fingerprint density at radius 2 is 2.07 bits per heavy atom. The molecule has 0 atom stereocenters. The fourth-order valence-corrected chi connectivity index (χ4v) is 0.894. The zero-order valence-electron chi connectivity index (χ0n) is 8.74. The molecule has 0 saturated carbocycles. The molecule has 3 nitrogen and oxygen atoms in total. The molecule has 0 unspecified atom stereocenters. The van der Waals surface area contributed by atoms with E-state index in [9.17, 15) is 0 Å². The van der Waals surface area contributed by atoms with Crippen LogP contribution in [0.25, 0.3) is 0 Å². The Hall–Kier alpha value is -1.56. The number of terminal acetylenes is 1. The van der Waals surface area contributed by atoms with Crippen LogP contribution in [0.3, 0.4) is 0 Å². The number of nitrogens with zero attached hydrogens (tertiary/aromatic N) is 2. The first-order chi connectivity index (χ1) is 6.54. The number of ether oxygens (including phenoxy) is 1. The van der Waals surface area contributed by atoms with E-state index in [-0.39, 0.29) is 12.0 Å². The van der Waals surface area contributed by atoms with Crippen LogP contribution in [0.5, 0.6) is 5.88 Å². The van der Waals surface area contributed by atoms with E-state index in [2.05, 4.69) is 36.7 Å². The van der Waals surface area contributed by atoms with Gasteiger partial charge in [0.25, 0.3) is 0 Å². The lowest BCUT2D eigenvalue weighted by Gasteiger charge is -2.16. The molecule has 14 heavy (non-hydrogen) atoms. The van der Waals surface area contributed by atoms with Gasteiger partial charge < -0.3 is 4.74 Å². The summed E-state index contributed by atoms with van der Waals surface area (Å²) in [5, 5.41) is 0. The van der Waals surface area contributed by atoms with Crippen LogP contribution in [0.1, 0.15) is 26.5 Å². The molecule has 0 aliphatic heterocycles. The molecule has 0 aliphatic rings. The summed E-state index contributed by atoms with van der Waals surface area (Å²) >= 11 is 0. The van der Waals surface area contributed by atoms with Gasteiger partial charge in [0.2, 0.25) is 5.88 Å². The van der Waals surface area contributed by atoms with Gasteiger partial charge in [0.05, 0.1) is 18.1 Å². The molecular weight excluding hydrogens is 176 g/mol. The van der Waals surface area contributed by atoms with Crippen molar-refractivity contribution in [3.05, 3.63) is 18.1 Å². The lowest BCUT2D eigenvalue weighted by Crippen LogP contribution is -2.13. The molecular formula is C11H14N2O. The van der Waals surface area contributed by atoms with Crippen LogP contribution in [-0.4, -0.2) is 16.6 Å². The average Bonchev–Trinajstić information content (AvgIpc) is 2.14. The van der Waals surface area contributed by atoms with Gasteiger partial charge in [-0.3, -0.25) is 4.98 Å². The summed E-state index contributed by atoms with van der Waals surface area (Å²) in [5.74, 6) is 2.84. The van der Waals surface area contributed by atoms with Crippen LogP contribution < -0.4 is 4.74 Å². The van der Waals surface area contributed by atoms with Gasteiger partial charge in [-0.05, 0) is 0 Å². The fraction of sp³-hybridized carbons (Fsp3) is 0.455. The van der Waals surface area contributed by atoms with Crippen molar-refractivity contribution in [2.45, 2.75) is 26.2 Å². The lowest BCUT2D eigenvalue weighted by atomic mass is 9.93. The molecule has 0 fully saturated rings. The summed E-state index contributed by atoms with van der Waals surface area (Å²) in [4.78, 5) is 8.35. The maximum Gasteiger partial charge on any atom is 0.233 e. The Kier molecular flexibility index (Phi) is 3.08. The Labute approximate surface area is 84.5 Å². The summed E-state index contributed by atoms with van der Waals surface area (Å²) in [6.07, 6.45) is 8.36. The van der Waals surface area contributed by atoms with E-state index in [1.807, 2.05) is 0 Å². The molecule has 1 aromatic heterocycles. The van der Waals surface area contributed by atoms with Crippen LogP contribution in [0, 0.1) is 12.3 Å². The third kappa shape index (κ3) is 2.74. The van der Waals surface area contributed by atoms with Crippen molar-refractivity contribution >= 4 is 0 Å². The Balaban J connectivity index is 2.75. The van der Waals surface area contributed by atoms with Crippen LogP contribution in [0.2, 0.25) is 0 Å². The molecule has 0 radical (unpaired) electrons. The van der Waals surface area contributed by atoms with Crippen LogP contribution in [0.4, 0.5) is 0 Å². The Bertz CT molecular complexity index is 330. The second kappa shape index (κ2) is 4.10. The number of hydrogen-bond acceptors (Lipinski definition) is 3. The predicted molar refractivity (Wildman–Crippen MR) is 55.1 cm³/mol. The second-order valence-corrected chi connectivity index (χ2v) is 3.98. The number of rotatable bonds is 2. The van der Waals surface area contributed by atoms with Crippen molar-refractivity contribution in [2.24, 2.45) is 0 Å². The Morgan fingerprint density at radius 1 is 1.36 bits per heavy atom. The largest absolute Gasteiger partial charge is 0.463 e. The minimum Gasteiger partial charge on any atom is -0.463 e. The van der Waals surface area contributed by atoms with Gasteiger partial charge in [-0.15, -0.1) is 6.42 Å². The quantitative estimate of drug-likeness (QED) is 0.667. The van der Waals surface area contributed by atoms with Crippen molar-refractivity contribution in [3.63, 3.8) is 0 Å². The van der Waals surface area contributed by atoms with E-state index >= 15 is 0 Å². The summed E-state index contributed by atoms with van der Waals surface area (Å²) in [6, 6.07) is 0. The highest BCUT2D eigenvalue weighted by atomic mass is 16.5. The van der Waals surface area contributed by atoms with Gasteiger partial charge in [0.1, 0.15) is 0 Å². The normalized spacial score (nSPS) is 10.7. The van der Waals surface area contributed by atoms with Gasteiger partial charge >= 0.3 is 0 Å². The Morgan fingerprint density at radius 3 is 2.50 bits per heavy atom. The molecule has 0 aliphatic carbocycles. The average molecular weight is 190 g/mol. The lowest BCUT2D eigenvalue weighted by molar-refractivity contribution is 0.352. The topological polar surface area (TPSA) is 35.0 Å². The SMILES string of the molecule is C#CCOc1cnc(C(C)(C)C)cn1. The first kappa shape index (κ1) is 10.5. The van der Waals surface area contributed by atoms with Crippen LogP contribution in [0.15, 0.2) is 12.4 Å². The minimum atomic E-state index is 0.0116. The first-order valence-electron chi connectivity index (χ1n) is 4.43. The van der Waals surface area contributed by atoms with Gasteiger partial charge in [-0.25, -0.2) is 4.98 Å². The summed E-state index contributed by atoms with van der Waals surface area (Å²) in [7, 11) is 0. The number of hydrogen-bond donors (Lipinski definition) is 0.